The first-order valence-corrected chi connectivity index (χ1v) is 35.3. The number of hydrogen-bond donors (Lipinski definition) is 6. The summed E-state index contributed by atoms with van der Waals surface area (Å²) in [6, 6.07) is -1.05. The van der Waals surface area contributed by atoms with Crippen molar-refractivity contribution in [2.45, 2.75) is 333 Å². The fraction of sp³-hybridized carbons (Fsp3) is 0.711. The van der Waals surface area contributed by atoms with Crippen LogP contribution in [0.25, 0.3) is 0 Å². The van der Waals surface area contributed by atoms with E-state index in [1.807, 2.05) is 6.08 Å². The van der Waals surface area contributed by atoms with Crippen LogP contribution in [-0.4, -0.2) is 99.6 Å². The molecule has 0 aromatic rings. The molecule has 498 valence electrons. The largest absolute Gasteiger partial charge is 0.454 e. The van der Waals surface area contributed by atoms with Gasteiger partial charge in [0.05, 0.1) is 25.4 Å². The van der Waals surface area contributed by atoms with Crippen LogP contribution >= 0.6 is 0 Å². The summed E-state index contributed by atoms with van der Waals surface area (Å²) in [6.07, 6.45) is 76.6. The number of rotatable bonds is 59. The third-order valence-corrected chi connectivity index (χ3v) is 15.8. The van der Waals surface area contributed by atoms with Gasteiger partial charge in [-0.3, -0.25) is 9.59 Å². The minimum atomic E-state index is -1.63. The van der Waals surface area contributed by atoms with E-state index in [1.165, 1.54) is 116 Å². The van der Waals surface area contributed by atoms with Crippen molar-refractivity contribution in [1.82, 2.24) is 5.32 Å². The summed E-state index contributed by atoms with van der Waals surface area (Å²) >= 11 is 0. The molecular formula is C76H129NO10. The van der Waals surface area contributed by atoms with Gasteiger partial charge in [-0.25, -0.2) is 0 Å². The van der Waals surface area contributed by atoms with Crippen molar-refractivity contribution >= 4 is 11.9 Å². The second-order valence-corrected chi connectivity index (χ2v) is 23.9. The van der Waals surface area contributed by atoms with Gasteiger partial charge in [-0.1, -0.05) is 284 Å². The monoisotopic (exact) mass is 1220 g/mol. The molecule has 87 heavy (non-hydrogen) atoms. The van der Waals surface area contributed by atoms with E-state index >= 15 is 0 Å². The van der Waals surface area contributed by atoms with Crippen LogP contribution < -0.4 is 5.32 Å². The number of aliphatic hydroxyl groups is 5. The molecule has 0 saturated carbocycles. The summed E-state index contributed by atoms with van der Waals surface area (Å²) in [4.78, 5) is 26.7. The second-order valence-electron chi connectivity index (χ2n) is 23.9. The van der Waals surface area contributed by atoms with Crippen LogP contribution in [0.4, 0.5) is 0 Å². The third kappa shape index (κ3) is 49.5. The quantitative estimate of drug-likeness (QED) is 0.0195. The summed E-state index contributed by atoms with van der Waals surface area (Å²) in [5.41, 5.74) is 0. The van der Waals surface area contributed by atoms with Crippen molar-refractivity contribution in [3.05, 3.63) is 122 Å². The molecule has 0 radical (unpaired) electrons. The zero-order valence-corrected chi connectivity index (χ0v) is 55.3. The van der Waals surface area contributed by atoms with E-state index in [2.05, 4.69) is 135 Å². The Balaban J connectivity index is 2.61. The smallest absolute Gasteiger partial charge is 0.306 e. The summed E-state index contributed by atoms with van der Waals surface area (Å²) in [5.74, 6) is -1.24. The lowest BCUT2D eigenvalue weighted by atomic mass is 9.99. The lowest BCUT2D eigenvalue weighted by Gasteiger charge is -2.41. The molecule has 1 rings (SSSR count). The molecule has 0 aliphatic carbocycles. The van der Waals surface area contributed by atoms with Crippen LogP contribution in [0.3, 0.4) is 0 Å². The maximum absolute atomic E-state index is 13.5. The standard InChI is InChI=1S/C76H129NO10/c1-4-7-10-13-16-19-22-25-27-29-31-32-33-34-35-36-37-38-39-41-43-46-49-52-55-58-61-64-71(81)87-74-73(83)72(82)70(65-78)86-76(74)85-66-67(68(79)62-59-56-53-50-47-44-24-21-18-15-12-9-6-3)77-75(84)69(80)63-60-57-54-51-48-45-42-40-30-28-26-23-20-17-14-11-8-5-2/h8,11,16-17,19-20,25-28,31-32,34-35,40,42,48,51,59,62,67-70,72-74,76,78-80,82-83H,4-7,9-10,12-15,18,21-24,29-30,33,36-39,41,43-47,49-50,52-58,60-61,63-66H2,1-3H3,(H,77,84)/b11-8-,19-16-,20-17-,27-25-,28-26-,32-31-,35-34-,42-40-,51-48-,62-59+. The highest BCUT2D eigenvalue weighted by Crippen LogP contribution is 2.26. The van der Waals surface area contributed by atoms with Gasteiger partial charge in [0.1, 0.15) is 24.4 Å². The summed E-state index contributed by atoms with van der Waals surface area (Å²) in [7, 11) is 0. The second kappa shape index (κ2) is 62.3. The molecule has 0 aromatic carbocycles. The fourth-order valence-electron chi connectivity index (χ4n) is 10.3. The Morgan fingerprint density at radius 3 is 1.26 bits per heavy atom. The van der Waals surface area contributed by atoms with E-state index in [0.29, 0.717) is 12.8 Å². The Bertz CT molecular complexity index is 1880. The molecular weight excluding hydrogens is 1090 g/mol. The van der Waals surface area contributed by atoms with E-state index < -0.39 is 67.4 Å². The normalized spacial score (nSPS) is 19.0. The van der Waals surface area contributed by atoms with Gasteiger partial charge in [-0.2, -0.15) is 0 Å². The first kappa shape index (κ1) is 81.1. The zero-order valence-electron chi connectivity index (χ0n) is 55.3. The maximum atomic E-state index is 13.5. The van der Waals surface area contributed by atoms with Gasteiger partial charge >= 0.3 is 5.97 Å². The number of aliphatic hydroxyl groups excluding tert-OH is 5. The van der Waals surface area contributed by atoms with E-state index in [1.54, 1.807) is 6.08 Å². The van der Waals surface area contributed by atoms with Crippen molar-refractivity contribution in [2.24, 2.45) is 0 Å². The fourth-order valence-corrected chi connectivity index (χ4v) is 10.3. The van der Waals surface area contributed by atoms with Crippen molar-refractivity contribution in [3.8, 4) is 0 Å². The van der Waals surface area contributed by atoms with Gasteiger partial charge in [0.2, 0.25) is 5.91 Å². The summed E-state index contributed by atoms with van der Waals surface area (Å²) in [5, 5.41) is 57.2. The molecule has 0 spiro atoms. The highest BCUT2D eigenvalue weighted by molar-refractivity contribution is 5.80. The number of ether oxygens (including phenoxy) is 3. The molecule has 1 amide bonds. The Hall–Kier alpha value is -3.94. The maximum Gasteiger partial charge on any atom is 0.306 e. The Morgan fingerprint density at radius 2 is 0.828 bits per heavy atom. The van der Waals surface area contributed by atoms with Gasteiger partial charge in [0, 0.05) is 6.42 Å². The molecule has 11 heteroatoms. The minimum Gasteiger partial charge on any atom is -0.454 e. The average Bonchev–Trinajstić information content (AvgIpc) is 2.75. The molecule has 6 N–H and O–H groups in total. The molecule has 0 bridgehead atoms. The summed E-state index contributed by atoms with van der Waals surface area (Å²) < 4.78 is 17.7. The number of amides is 1. The van der Waals surface area contributed by atoms with Crippen molar-refractivity contribution in [2.75, 3.05) is 13.2 Å². The number of esters is 1. The Morgan fingerprint density at radius 1 is 0.460 bits per heavy atom. The van der Waals surface area contributed by atoms with Crippen LogP contribution in [0, 0.1) is 0 Å². The molecule has 1 aliphatic heterocycles. The number of hydrogen-bond acceptors (Lipinski definition) is 10. The van der Waals surface area contributed by atoms with Crippen LogP contribution in [0.15, 0.2) is 122 Å². The first-order valence-electron chi connectivity index (χ1n) is 35.3. The first-order chi connectivity index (χ1) is 42.7. The molecule has 11 nitrogen and oxygen atoms in total. The minimum absolute atomic E-state index is 0.109. The molecule has 8 unspecified atom stereocenters. The number of carbonyl (C=O) groups excluding carboxylic acids is 2. The van der Waals surface area contributed by atoms with Gasteiger partial charge in [-0.15, -0.1) is 0 Å². The number of carbonyl (C=O) groups is 2. The van der Waals surface area contributed by atoms with E-state index in [4.69, 9.17) is 14.2 Å². The van der Waals surface area contributed by atoms with Crippen LogP contribution in [-0.2, 0) is 23.8 Å². The molecule has 1 heterocycles. The SMILES string of the molecule is CC/C=C\C/C=C\C/C=C\C/C=C\C/C=C\CCCCC(O)C(=O)NC(COC1OC(CO)C(O)C(O)C1OC(=O)CCCCCCCCCCCCC/C=C\C/C=C\C/C=C\C/C=C\CCCCC)C(O)/C=C/CCCCCCCCCCCCC. The molecule has 1 saturated heterocycles. The van der Waals surface area contributed by atoms with Crippen LogP contribution in [0.5, 0.6) is 0 Å². The van der Waals surface area contributed by atoms with Gasteiger partial charge in [-0.05, 0) is 116 Å². The highest BCUT2D eigenvalue weighted by atomic mass is 16.7. The van der Waals surface area contributed by atoms with Gasteiger partial charge in [0.15, 0.2) is 12.4 Å². The number of nitrogens with one attached hydrogen (secondary N) is 1. The predicted molar refractivity (Wildman–Crippen MR) is 365 cm³/mol. The average molecular weight is 1220 g/mol. The van der Waals surface area contributed by atoms with E-state index in [0.717, 1.165) is 122 Å². The molecule has 1 aliphatic rings. The number of allylic oxidation sites excluding steroid dienone is 19. The van der Waals surface area contributed by atoms with Crippen molar-refractivity contribution in [1.29, 1.82) is 0 Å². The molecule has 0 aromatic heterocycles. The zero-order chi connectivity index (χ0) is 63.1. The third-order valence-electron chi connectivity index (χ3n) is 15.8. The highest BCUT2D eigenvalue weighted by Gasteiger charge is 2.47. The molecule has 8 atom stereocenters. The van der Waals surface area contributed by atoms with E-state index in [-0.39, 0.29) is 19.4 Å². The van der Waals surface area contributed by atoms with Crippen molar-refractivity contribution < 1.29 is 49.3 Å². The lowest BCUT2D eigenvalue weighted by molar-refractivity contribution is -0.305. The lowest BCUT2D eigenvalue weighted by Crippen LogP contribution is -2.61. The van der Waals surface area contributed by atoms with Crippen LogP contribution in [0.1, 0.15) is 284 Å². The van der Waals surface area contributed by atoms with Crippen molar-refractivity contribution in [3.63, 3.8) is 0 Å². The van der Waals surface area contributed by atoms with E-state index in [9.17, 15) is 35.1 Å². The number of unbranched alkanes of at least 4 members (excludes halogenated alkanes) is 27. The van der Waals surface area contributed by atoms with Gasteiger partial charge < -0.3 is 45.1 Å². The summed E-state index contributed by atoms with van der Waals surface area (Å²) in [6.45, 7) is 5.64. The van der Waals surface area contributed by atoms with Gasteiger partial charge in [0.25, 0.3) is 0 Å². The Kier molecular flexibility index (Phi) is 58.0. The Labute approximate surface area is 531 Å². The topological polar surface area (TPSA) is 175 Å². The van der Waals surface area contributed by atoms with Crippen LogP contribution in [0.2, 0.25) is 0 Å². The predicted octanol–water partition coefficient (Wildman–Crippen LogP) is 18.2. The molecule has 1 fully saturated rings.